The Hall–Kier alpha value is -6.58. The molecule has 0 unspecified atom stereocenters. The predicted octanol–water partition coefficient (Wildman–Crippen LogP) is 13.4. The monoisotopic (exact) mass is 627 g/mol. The van der Waals surface area contributed by atoms with Gasteiger partial charge in [0.25, 0.3) is 0 Å². The minimum absolute atomic E-state index is 0.902. The Balaban J connectivity index is 1.08. The number of hydrogen-bond acceptors (Lipinski definition) is 3. The molecule has 230 valence electrons. The molecule has 0 radical (unpaired) electrons. The Morgan fingerprint density at radius 2 is 0.898 bits per heavy atom. The van der Waals surface area contributed by atoms with Gasteiger partial charge in [-0.25, -0.2) is 0 Å². The van der Waals surface area contributed by atoms with Crippen LogP contribution in [0.25, 0.3) is 76.9 Å². The second-order valence-electron chi connectivity index (χ2n) is 12.5. The van der Waals surface area contributed by atoms with Gasteiger partial charge >= 0.3 is 0 Å². The van der Waals surface area contributed by atoms with Crippen LogP contribution in [-0.4, -0.2) is 0 Å². The first-order valence-electron chi connectivity index (χ1n) is 16.6. The van der Waals surface area contributed by atoms with Crippen LogP contribution in [0.15, 0.2) is 185 Å². The van der Waals surface area contributed by atoms with E-state index in [1.54, 1.807) is 0 Å². The third-order valence-electron chi connectivity index (χ3n) is 9.67. The lowest BCUT2D eigenvalue weighted by molar-refractivity contribution is 0.669. The highest BCUT2D eigenvalue weighted by Crippen LogP contribution is 2.41. The molecule has 0 bridgehead atoms. The molecule has 0 aliphatic rings. The lowest BCUT2D eigenvalue weighted by Gasteiger charge is -2.26. The molecular formula is C46H29NO2. The van der Waals surface area contributed by atoms with Crippen LogP contribution < -0.4 is 4.90 Å². The number of benzene rings is 8. The number of hydrogen-bond donors (Lipinski definition) is 0. The zero-order valence-corrected chi connectivity index (χ0v) is 26.5. The maximum atomic E-state index is 6.37. The SMILES string of the molecule is c1ccc2cc(N(c3ccc(-c4cccc5c4oc4ccccc45)cc3)c3ccc(-c4cccc5oc6ccccc6c45)cc3)ccc2c1. The molecule has 10 aromatic rings. The molecule has 3 heteroatoms. The second-order valence-corrected chi connectivity index (χ2v) is 12.5. The summed E-state index contributed by atoms with van der Waals surface area (Å²) >= 11 is 0. The zero-order valence-electron chi connectivity index (χ0n) is 26.5. The Kier molecular flexibility index (Phi) is 6.18. The third-order valence-corrected chi connectivity index (χ3v) is 9.67. The Labute approximate surface area is 282 Å². The minimum Gasteiger partial charge on any atom is -0.456 e. The molecule has 0 amide bonds. The maximum Gasteiger partial charge on any atom is 0.143 e. The molecular weight excluding hydrogens is 599 g/mol. The summed E-state index contributed by atoms with van der Waals surface area (Å²) in [6.45, 7) is 0. The van der Waals surface area contributed by atoms with Gasteiger partial charge in [-0.15, -0.1) is 0 Å². The van der Waals surface area contributed by atoms with E-state index in [0.717, 1.165) is 83.2 Å². The zero-order chi connectivity index (χ0) is 32.3. The van der Waals surface area contributed by atoms with Crippen molar-refractivity contribution in [1.29, 1.82) is 0 Å². The van der Waals surface area contributed by atoms with Gasteiger partial charge in [-0.1, -0.05) is 121 Å². The summed E-state index contributed by atoms with van der Waals surface area (Å²) in [5.74, 6) is 0. The van der Waals surface area contributed by atoms with E-state index in [4.69, 9.17) is 8.83 Å². The van der Waals surface area contributed by atoms with Crippen molar-refractivity contribution in [3.05, 3.63) is 176 Å². The maximum absolute atomic E-state index is 6.37. The van der Waals surface area contributed by atoms with Crippen molar-refractivity contribution >= 4 is 71.7 Å². The average Bonchev–Trinajstić information content (AvgIpc) is 3.74. The normalized spacial score (nSPS) is 11.7. The first kappa shape index (κ1) is 27.5. The fourth-order valence-corrected chi connectivity index (χ4v) is 7.33. The van der Waals surface area contributed by atoms with Gasteiger partial charge in [0.05, 0.1) is 0 Å². The number of para-hydroxylation sites is 3. The molecule has 0 atom stereocenters. The van der Waals surface area contributed by atoms with E-state index in [0.29, 0.717) is 0 Å². The van der Waals surface area contributed by atoms with Crippen LogP contribution in [0.5, 0.6) is 0 Å². The van der Waals surface area contributed by atoms with Crippen LogP contribution in [-0.2, 0) is 0 Å². The smallest absolute Gasteiger partial charge is 0.143 e. The molecule has 10 rings (SSSR count). The molecule has 0 aliphatic heterocycles. The molecule has 8 aromatic carbocycles. The van der Waals surface area contributed by atoms with E-state index in [9.17, 15) is 0 Å². The van der Waals surface area contributed by atoms with E-state index in [1.165, 1.54) is 10.8 Å². The van der Waals surface area contributed by atoms with E-state index in [-0.39, 0.29) is 0 Å². The largest absolute Gasteiger partial charge is 0.456 e. The molecule has 0 saturated heterocycles. The van der Waals surface area contributed by atoms with Crippen LogP contribution in [0.4, 0.5) is 17.1 Å². The molecule has 3 nitrogen and oxygen atoms in total. The first-order chi connectivity index (χ1) is 24.3. The molecule has 2 heterocycles. The van der Waals surface area contributed by atoms with Gasteiger partial charge in [-0.3, -0.25) is 0 Å². The van der Waals surface area contributed by atoms with Crippen LogP contribution >= 0.6 is 0 Å². The predicted molar refractivity (Wildman–Crippen MR) is 204 cm³/mol. The highest BCUT2D eigenvalue weighted by atomic mass is 16.3. The van der Waals surface area contributed by atoms with Crippen molar-refractivity contribution in [1.82, 2.24) is 0 Å². The van der Waals surface area contributed by atoms with E-state index < -0.39 is 0 Å². The van der Waals surface area contributed by atoms with Crippen molar-refractivity contribution in [2.45, 2.75) is 0 Å². The van der Waals surface area contributed by atoms with Crippen LogP contribution in [0.2, 0.25) is 0 Å². The van der Waals surface area contributed by atoms with Gasteiger partial charge in [-0.2, -0.15) is 0 Å². The van der Waals surface area contributed by atoms with E-state index in [2.05, 4.69) is 150 Å². The topological polar surface area (TPSA) is 29.5 Å². The Morgan fingerprint density at radius 3 is 1.67 bits per heavy atom. The number of rotatable bonds is 5. The van der Waals surface area contributed by atoms with Crippen molar-refractivity contribution in [3.63, 3.8) is 0 Å². The van der Waals surface area contributed by atoms with Gasteiger partial charge < -0.3 is 13.7 Å². The van der Waals surface area contributed by atoms with Crippen LogP contribution in [0.1, 0.15) is 0 Å². The van der Waals surface area contributed by atoms with Gasteiger partial charge in [-0.05, 0) is 82.1 Å². The molecule has 0 aliphatic carbocycles. The molecule has 49 heavy (non-hydrogen) atoms. The fraction of sp³-hybridized carbons (Fsp3) is 0. The summed E-state index contributed by atoms with van der Waals surface area (Å²) in [6.07, 6.45) is 0. The van der Waals surface area contributed by atoms with Crippen molar-refractivity contribution in [3.8, 4) is 22.3 Å². The minimum atomic E-state index is 0.902. The molecule has 0 spiro atoms. The fourth-order valence-electron chi connectivity index (χ4n) is 7.33. The van der Waals surface area contributed by atoms with E-state index in [1.807, 2.05) is 30.3 Å². The average molecular weight is 628 g/mol. The Bertz CT molecular complexity index is 2820. The van der Waals surface area contributed by atoms with Crippen molar-refractivity contribution in [2.75, 3.05) is 4.90 Å². The summed E-state index contributed by atoms with van der Waals surface area (Å²) in [5, 5.41) is 6.97. The van der Waals surface area contributed by atoms with Crippen molar-refractivity contribution < 1.29 is 8.83 Å². The van der Waals surface area contributed by atoms with Gasteiger partial charge in [0.15, 0.2) is 0 Å². The molecule has 2 aromatic heterocycles. The highest BCUT2D eigenvalue weighted by molar-refractivity contribution is 6.12. The lowest BCUT2D eigenvalue weighted by atomic mass is 9.99. The number of anilines is 3. The number of fused-ring (bicyclic) bond motifs is 7. The summed E-state index contributed by atoms with van der Waals surface area (Å²) in [4.78, 5) is 2.33. The number of furan rings is 2. The van der Waals surface area contributed by atoms with E-state index >= 15 is 0 Å². The third kappa shape index (κ3) is 4.51. The van der Waals surface area contributed by atoms with Crippen molar-refractivity contribution in [2.24, 2.45) is 0 Å². The summed E-state index contributed by atoms with van der Waals surface area (Å²) in [6, 6.07) is 62.1. The molecule has 0 saturated carbocycles. The van der Waals surface area contributed by atoms with Gasteiger partial charge in [0, 0.05) is 44.2 Å². The van der Waals surface area contributed by atoms with Crippen LogP contribution in [0, 0.1) is 0 Å². The summed E-state index contributed by atoms with van der Waals surface area (Å²) in [5.41, 5.74) is 11.4. The van der Waals surface area contributed by atoms with Gasteiger partial charge in [0.2, 0.25) is 0 Å². The quantitative estimate of drug-likeness (QED) is 0.190. The second kappa shape index (κ2) is 11.0. The summed E-state index contributed by atoms with van der Waals surface area (Å²) in [7, 11) is 0. The molecule has 0 N–H and O–H groups in total. The first-order valence-corrected chi connectivity index (χ1v) is 16.6. The Morgan fingerprint density at radius 1 is 0.347 bits per heavy atom. The highest BCUT2D eigenvalue weighted by Gasteiger charge is 2.17. The standard InChI is InChI=1S/C46H29NO2/c1-2-10-33-29-36(28-19-30(33)9-1)47(34-24-20-31(21-25-34)37-13-8-18-44-45(37)41-12-4-6-17-43(41)48-44)35-26-22-32(23-27-35)38-14-7-15-40-39-11-3-5-16-42(39)49-46(38)40/h1-29H. The van der Waals surface area contributed by atoms with Crippen LogP contribution in [0.3, 0.4) is 0 Å². The number of nitrogens with zero attached hydrogens (tertiary/aromatic N) is 1. The lowest BCUT2D eigenvalue weighted by Crippen LogP contribution is -2.09. The molecule has 0 fully saturated rings. The van der Waals surface area contributed by atoms with Gasteiger partial charge in [0.1, 0.15) is 22.3 Å². The summed E-state index contributed by atoms with van der Waals surface area (Å²) < 4.78 is 12.6.